The topological polar surface area (TPSA) is 29.5 Å². The highest BCUT2D eigenvalue weighted by atomic mass is 35.5. The zero-order chi connectivity index (χ0) is 15.2. The molecule has 1 aliphatic heterocycles. The number of hydrogen-bond donors (Lipinski definition) is 0. The molecule has 3 nitrogen and oxygen atoms in total. The first-order valence-electron chi connectivity index (χ1n) is 7.86. The van der Waals surface area contributed by atoms with Crippen molar-refractivity contribution in [1.29, 1.82) is 0 Å². The fourth-order valence-corrected chi connectivity index (χ4v) is 3.16. The van der Waals surface area contributed by atoms with E-state index in [4.69, 9.17) is 16.3 Å². The van der Waals surface area contributed by atoms with Crippen LogP contribution in [0.2, 0.25) is 5.02 Å². The highest BCUT2D eigenvalue weighted by Gasteiger charge is 2.17. The molecule has 0 spiro atoms. The number of carbonyl (C=O) groups is 1. The number of aryl methyl sites for hydroxylation is 1. The predicted octanol–water partition coefficient (Wildman–Crippen LogP) is 4.07. The molecule has 2 rings (SSSR count). The molecule has 21 heavy (non-hydrogen) atoms. The van der Waals surface area contributed by atoms with Gasteiger partial charge in [-0.2, -0.15) is 0 Å². The molecular formula is C17H24ClNO2. The number of halogens is 1. The first-order chi connectivity index (χ1) is 10.2. The summed E-state index contributed by atoms with van der Waals surface area (Å²) in [5.41, 5.74) is 2.87. The lowest BCUT2D eigenvalue weighted by Crippen LogP contribution is -2.29. The molecule has 1 heterocycles. The van der Waals surface area contributed by atoms with Gasteiger partial charge in [-0.3, -0.25) is 4.90 Å². The Labute approximate surface area is 132 Å². The zero-order valence-electron chi connectivity index (χ0n) is 13.0. The summed E-state index contributed by atoms with van der Waals surface area (Å²) >= 11 is 6.44. The van der Waals surface area contributed by atoms with E-state index in [1.54, 1.807) is 6.07 Å². The Morgan fingerprint density at radius 2 is 1.95 bits per heavy atom. The van der Waals surface area contributed by atoms with Crippen LogP contribution in [0.4, 0.5) is 0 Å². The van der Waals surface area contributed by atoms with Crippen LogP contribution in [-0.4, -0.2) is 30.6 Å². The number of benzene rings is 1. The van der Waals surface area contributed by atoms with Gasteiger partial charge in [0.2, 0.25) is 0 Å². The molecule has 4 heteroatoms. The third kappa shape index (κ3) is 4.21. The summed E-state index contributed by atoms with van der Waals surface area (Å²) in [7, 11) is 0. The van der Waals surface area contributed by atoms with Gasteiger partial charge in [-0.15, -0.1) is 0 Å². The number of likely N-dealkylation sites (tertiary alicyclic amines) is 1. The zero-order valence-corrected chi connectivity index (χ0v) is 13.7. The predicted molar refractivity (Wildman–Crippen MR) is 85.9 cm³/mol. The SMILES string of the molecule is CCOC(=O)c1cc(Cl)c(CN2CCCCC2)c(CC)c1. The summed E-state index contributed by atoms with van der Waals surface area (Å²) in [6.45, 7) is 7.45. The van der Waals surface area contributed by atoms with E-state index in [1.807, 2.05) is 13.0 Å². The van der Waals surface area contributed by atoms with Gasteiger partial charge in [0.05, 0.1) is 12.2 Å². The molecule has 1 aromatic rings. The Morgan fingerprint density at radius 3 is 2.57 bits per heavy atom. The first-order valence-corrected chi connectivity index (χ1v) is 8.24. The molecule has 1 aliphatic rings. The molecule has 0 radical (unpaired) electrons. The van der Waals surface area contributed by atoms with E-state index in [2.05, 4.69) is 11.8 Å². The van der Waals surface area contributed by atoms with Crippen LogP contribution in [0.5, 0.6) is 0 Å². The van der Waals surface area contributed by atoms with Crippen LogP contribution in [0.25, 0.3) is 0 Å². The fraction of sp³-hybridized carbons (Fsp3) is 0.588. The van der Waals surface area contributed by atoms with E-state index < -0.39 is 0 Å². The fourth-order valence-electron chi connectivity index (χ4n) is 2.86. The van der Waals surface area contributed by atoms with Crippen LogP contribution in [0, 0.1) is 0 Å². The van der Waals surface area contributed by atoms with Gasteiger partial charge in [0.1, 0.15) is 0 Å². The molecule has 0 bridgehead atoms. The minimum absolute atomic E-state index is 0.293. The maximum absolute atomic E-state index is 11.9. The number of esters is 1. The van der Waals surface area contributed by atoms with E-state index in [0.29, 0.717) is 17.2 Å². The van der Waals surface area contributed by atoms with Gasteiger partial charge in [0.25, 0.3) is 0 Å². The first kappa shape index (κ1) is 16.3. The monoisotopic (exact) mass is 309 g/mol. The van der Waals surface area contributed by atoms with Gasteiger partial charge in [0.15, 0.2) is 0 Å². The minimum Gasteiger partial charge on any atom is -0.462 e. The highest BCUT2D eigenvalue weighted by Crippen LogP contribution is 2.26. The summed E-state index contributed by atoms with van der Waals surface area (Å²) in [6.07, 6.45) is 4.72. The number of carbonyl (C=O) groups excluding carboxylic acids is 1. The lowest BCUT2D eigenvalue weighted by Gasteiger charge is -2.27. The van der Waals surface area contributed by atoms with E-state index in [-0.39, 0.29) is 5.97 Å². The Hall–Kier alpha value is -1.06. The average Bonchev–Trinajstić information content (AvgIpc) is 2.50. The molecule has 0 aromatic heterocycles. The Kier molecular flexibility index (Phi) is 6.07. The average molecular weight is 310 g/mol. The second kappa shape index (κ2) is 7.81. The van der Waals surface area contributed by atoms with Gasteiger partial charge in [-0.05, 0) is 62.5 Å². The number of nitrogens with zero attached hydrogens (tertiary/aromatic N) is 1. The second-order valence-corrected chi connectivity index (χ2v) is 5.91. The summed E-state index contributed by atoms with van der Waals surface area (Å²) < 4.78 is 5.06. The van der Waals surface area contributed by atoms with Crippen molar-refractivity contribution in [2.45, 2.75) is 46.1 Å². The van der Waals surface area contributed by atoms with Crippen molar-refractivity contribution in [3.05, 3.63) is 33.8 Å². The van der Waals surface area contributed by atoms with Crippen molar-refractivity contribution < 1.29 is 9.53 Å². The van der Waals surface area contributed by atoms with E-state index in [1.165, 1.54) is 19.3 Å². The molecule has 0 N–H and O–H groups in total. The summed E-state index contributed by atoms with van der Waals surface area (Å²) in [5.74, 6) is -0.293. The molecule has 0 aliphatic carbocycles. The molecular weight excluding hydrogens is 286 g/mol. The van der Waals surface area contributed by atoms with Crippen LogP contribution in [0.15, 0.2) is 12.1 Å². The third-order valence-corrected chi connectivity index (χ3v) is 4.35. The minimum atomic E-state index is -0.293. The molecule has 1 aromatic carbocycles. The quantitative estimate of drug-likeness (QED) is 0.768. The lowest BCUT2D eigenvalue weighted by molar-refractivity contribution is 0.0526. The number of rotatable bonds is 5. The maximum Gasteiger partial charge on any atom is 0.338 e. The molecule has 0 amide bonds. The van der Waals surface area contributed by atoms with Crippen LogP contribution >= 0.6 is 11.6 Å². The third-order valence-electron chi connectivity index (χ3n) is 4.01. The number of hydrogen-bond acceptors (Lipinski definition) is 3. The molecule has 0 saturated carbocycles. The largest absolute Gasteiger partial charge is 0.462 e. The highest BCUT2D eigenvalue weighted by molar-refractivity contribution is 6.31. The van der Waals surface area contributed by atoms with Crippen LogP contribution in [-0.2, 0) is 17.7 Å². The molecule has 0 unspecified atom stereocenters. The van der Waals surface area contributed by atoms with Crippen molar-refractivity contribution >= 4 is 17.6 Å². The van der Waals surface area contributed by atoms with E-state index >= 15 is 0 Å². The van der Waals surface area contributed by atoms with Crippen molar-refractivity contribution in [3.8, 4) is 0 Å². The maximum atomic E-state index is 11.9. The van der Waals surface area contributed by atoms with Crippen molar-refractivity contribution in [2.24, 2.45) is 0 Å². The van der Waals surface area contributed by atoms with Gasteiger partial charge < -0.3 is 4.74 Å². The van der Waals surface area contributed by atoms with Gasteiger partial charge in [0, 0.05) is 11.6 Å². The summed E-state index contributed by atoms with van der Waals surface area (Å²) in [5, 5.41) is 0.683. The van der Waals surface area contributed by atoms with Crippen LogP contribution in [0.1, 0.15) is 54.6 Å². The Morgan fingerprint density at radius 1 is 1.24 bits per heavy atom. The standard InChI is InChI=1S/C17H24ClNO2/c1-3-13-10-14(17(20)21-4-2)11-16(18)15(13)12-19-8-6-5-7-9-19/h10-11H,3-9,12H2,1-2H3. The molecule has 0 atom stereocenters. The molecule has 1 saturated heterocycles. The molecule has 1 fully saturated rings. The normalized spacial score (nSPS) is 16.0. The van der Waals surface area contributed by atoms with Gasteiger partial charge in [-0.1, -0.05) is 24.9 Å². The number of ether oxygens (including phenoxy) is 1. The Bertz CT molecular complexity index is 496. The van der Waals surface area contributed by atoms with Crippen molar-refractivity contribution in [3.63, 3.8) is 0 Å². The van der Waals surface area contributed by atoms with Crippen molar-refractivity contribution in [1.82, 2.24) is 4.90 Å². The van der Waals surface area contributed by atoms with Crippen LogP contribution in [0.3, 0.4) is 0 Å². The van der Waals surface area contributed by atoms with Crippen molar-refractivity contribution in [2.75, 3.05) is 19.7 Å². The smallest absolute Gasteiger partial charge is 0.338 e. The van der Waals surface area contributed by atoms with Gasteiger partial charge in [-0.25, -0.2) is 4.79 Å². The van der Waals surface area contributed by atoms with Gasteiger partial charge >= 0.3 is 5.97 Å². The van der Waals surface area contributed by atoms with E-state index in [0.717, 1.165) is 37.2 Å². The summed E-state index contributed by atoms with van der Waals surface area (Å²) in [6, 6.07) is 3.68. The van der Waals surface area contributed by atoms with E-state index in [9.17, 15) is 4.79 Å². The molecule has 116 valence electrons. The number of piperidine rings is 1. The van der Waals surface area contributed by atoms with Crippen LogP contribution < -0.4 is 0 Å². The lowest BCUT2D eigenvalue weighted by atomic mass is 10.00. The second-order valence-electron chi connectivity index (χ2n) is 5.51. The summed E-state index contributed by atoms with van der Waals surface area (Å²) in [4.78, 5) is 14.3. The Balaban J connectivity index is 2.22.